The van der Waals surface area contributed by atoms with E-state index in [4.69, 9.17) is 0 Å². The molecule has 7 heteroatoms. The Labute approximate surface area is 127 Å². The molecule has 21 heavy (non-hydrogen) atoms. The van der Waals surface area contributed by atoms with E-state index in [1.165, 1.54) is 6.07 Å². The number of hydrogen-bond donors (Lipinski definition) is 2. The molecule has 1 aromatic heterocycles. The molecular weight excluding hydrogens is 288 g/mol. The fourth-order valence-electron chi connectivity index (χ4n) is 2.12. The fourth-order valence-corrected chi connectivity index (χ4v) is 2.89. The van der Waals surface area contributed by atoms with E-state index in [1.54, 1.807) is 17.4 Å². The molecule has 2 aromatic rings. The van der Waals surface area contributed by atoms with Gasteiger partial charge in [0.15, 0.2) is 5.13 Å². The average Bonchev–Trinajstić information content (AvgIpc) is 2.94. The van der Waals surface area contributed by atoms with Gasteiger partial charge in [-0.1, -0.05) is 12.1 Å². The maximum Gasteiger partial charge on any atom is 0.292 e. The summed E-state index contributed by atoms with van der Waals surface area (Å²) in [4.78, 5) is 16.2. The molecule has 0 unspecified atom stereocenters. The predicted molar refractivity (Wildman–Crippen MR) is 86.3 cm³/mol. The Bertz CT molecular complexity index is 627. The number of nitro groups is 1. The first-order chi connectivity index (χ1) is 10.2. The summed E-state index contributed by atoms with van der Waals surface area (Å²) < 4.78 is 0. The molecule has 2 rings (SSSR count). The molecule has 0 aliphatic heterocycles. The van der Waals surface area contributed by atoms with Crippen molar-refractivity contribution in [2.24, 2.45) is 0 Å². The van der Waals surface area contributed by atoms with Crippen molar-refractivity contribution in [2.75, 3.05) is 24.2 Å². The van der Waals surface area contributed by atoms with Crippen LogP contribution in [-0.2, 0) is 12.8 Å². The van der Waals surface area contributed by atoms with Crippen LogP contribution in [-0.4, -0.2) is 23.5 Å². The zero-order valence-corrected chi connectivity index (χ0v) is 12.9. The predicted octanol–water partition coefficient (Wildman–Crippen LogP) is 3.31. The molecule has 0 amide bonds. The number of benzene rings is 1. The number of nitrogens with one attached hydrogen (secondary N) is 2. The number of nitrogens with zero attached hydrogens (tertiary/aromatic N) is 2. The van der Waals surface area contributed by atoms with E-state index in [9.17, 15) is 10.1 Å². The second kappa shape index (κ2) is 7.03. The molecule has 0 spiro atoms. The first-order valence-electron chi connectivity index (χ1n) is 6.78. The molecule has 1 aromatic carbocycles. The van der Waals surface area contributed by atoms with Crippen molar-refractivity contribution in [3.05, 3.63) is 45.0 Å². The van der Waals surface area contributed by atoms with Gasteiger partial charge >= 0.3 is 0 Å². The molecule has 0 radical (unpaired) electrons. The van der Waals surface area contributed by atoms with Gasteiger partial charge in [0.1, 0.15) is 5.69 Å². The number of para-hydroxylation sites is 1. The number of aryl methyl sites for hydroxylation is 2. The lowest BCUT2D eigenvalue weighted by molar-refractivity contribution is -0.384. The van der Waals surface area contributed by atoms with Crippen molar-refractivity contribution in [3.63, 3.8) is 0 Å². The normalized spacial score (nSPS) is 10.4. The molecule has 0 aliphatic carbocycles. The molecule has 112 valence electrons. The minimum atomic E-state index is -0.340. The van der Waals surface area contributed by atoms with Gasteiger partial charge in [0, 0.05) is 30.7 Å². The highest BCUT2D eigenvalue weighted by atomic mass is 32.1. The van der Waals surface area contributed by atoms with Crippen molar-refractivity contribution < 1.29 is 4.92 Å². The fraction of sp³-hybridized carbons (Fsp3) is 0.357. The van der Waals surface area contributed by atoms with Crippen LogP contribution >= 0.6 is 11.3 Å². The minimum Gasteiger partial charge on any atom is -0.380 e. The number of anilines is 2. The summed E-state index contributed by atoms with van der Waals surface area (Å²) in [6.45, 7) is 2.59. The topological polar surface area (TPSA) is 80.1 Å². The van der Waals surface area contributed by atoms with Crippen LogP contribution in [0, 0.1) is 10.1 Å². The Morgan fingerprint density at radius 3 is 2.81 bits per heavy atom. The van der Waals surface area contributed by atoms with E-state index in [-0.39, 0.29) is 10.6 Å². The van der Waals surface area contributed by atoms with Gasteiger partial charge in [-0.15, -0.1) is 11.3 Å². The lowest BCUT2D eigenvalue weighted by Crippen LogP contribution is -2.05. The lowest BCUT2D eigenvalue weighted by atomic mass is 10.1. The Morgan fingerprint density at radius 1 is 1.38 bits per heavy atom. The maximum absolute atomic E-state index is 11.1. The molecule has 0 bridgehead atoms. The number of rotatable bonds is 7. The largest absolute Gasteiger partial charge is 0.380 e. The van der Waals surface area contributed by atoms with Crippen molar-refractivity contribution in [3.8, 4) is 0 Å². The minimum absolute atomic E-state index is 0.134. The average molecular weight is 306 g/mol. The molecule has 0 atom stereocenters. The van der Waals surface area contributed by atoms with Crippen LogP contribution in [0.15, 0.2) is 24.4 Å². The van der Waals surface area contributed by atoms with Crippen LogP contribution in [0.25, 0.3) is 0 Å². The monoisotopic (exact) mass is 306 g/mol. The number of aromatic nitrogens is 1. The van der Waals surface area contributed by atoms with Crippen LogP contribution in [0.4, 0.5) is 16.5 Å². The van der Waals surface area contributed by atoms with Gasteiger partial charge in [-0.05, 0) is 25.3 Å². The Kier molecular flexibility index (Phi) is 5.10. The third-order valence-corrected chi connectivity index (χ3v) is 4.16. The van der Waals surface area contributed by atoms with Crippen LogP contribution in [0.2, 0.25) is 0 Å². The van der Waals surface area contributed by atoms with Crippen molar-refractivity contribution in [2.45, 2.75) is 19.8 Å². The highest BCUT2D eigenvalue weighted by Gasteiger charge is 2.16. The molecule has 0 fully saturated rings. The molecule has 0 aliphatic rings. The SMILES string of the molecule is CCNc1c(CCc2cnc(NC)s2)cccc1[N+](=O)[O-]. The van der Waals surface area contributed by atoms with Gasteiger partial charge in [0.05, 0.1) is 4.92 Å². The molecular formula is C14H18N4O2S. The molecule has 6 nitrogen and oxygen atoms in total. The van der Waals surface area contributed by atoms with Crippen molar-refractivity contribution in [1.29, 1.82) is 0 Å². The summed E-state index contributed by atoms with van der Waals surface area (Å²) >= 11 is 1.61. The Hall–Kier alpha value is -2.15. The van der Waals surface area contributed by atoms with Crippen LogP contribution in [0.5, 0.6) is 0 Å². The molecule has 2 N–H and O–H groups in total. The Morgan fingerprint density at radius 2 is 2.19 bits per heavy atom. The first kappa shape index (κ1) is 15.2. The van der Waals surface area contributed by atoms with E-state index in [2.05, 4.69) is 15.6 Å². The van der Waals surface area contributed by atoms with Crippen LogP contribution in [0.3, 0.4) is 0 Å². The quantitative estimate of drug-likeness (QED) is 0.606. The smallest absolute Gasteiger partial charge is 0.292 e. The zero-order valence-electron chi connectivity index (χ0n) is 12.0. The molecule has 0 saturated carbocycles. The van der Waals surface area contributed by atoms with Gasteiger partial charge in [-0.3, -0.25) is 10.1 Å². The van der Waals surface area contributed by atoms with Crippen LogP contribution < -0.4 is 10.6 Å². The van der Waals surface area contributed by atoms with Gasteiger partial charge < -0.3 is 10.6 Å². The second-order valence-corrected chi connectivity index (χ2v) is 5.60. The van der Waals surface area contributed by atoms with E-state index in [0.29, 0.717) is 12.2 Å². The highest BCUT2D eigenvalue weighted by molar-refractivity contribution is 7.15. The van der Waals surface area contributed by atoms with E-state index in [1.807, 2.05) is 26.2 Å². The van der Waals surface area contributed by atoms with Gasteiger partial charge in [-0.2, -0.15) is 0 Å². The zero-order chi connectivity index (χ0) is 15.2. The summed E-state index contributed by atoms with van der Waals surface area (Å²) in [6, 6.07) is 5.21. The Balaban J connectivity index is 2.18. The summed E-state index contributed by atoms with van der Waals surface area (Å²) in [5.41, 5.74) is 1.73. The van der Waals surface area contributed by atoms with E-state index >= 15 is 0 Å². The number of hydrogen-bond acceptors (Lipinski definition) is 6. The summed E-state index contributed by atoms with van der Waals surface area (Å²) in [5, 5.41) is 18.1. The molecule has 1 heterocycles. The first-order valence-corrected chi connectivity index (χ1v) is 7.60. The van der Waals surface area contributed by atoms with Crippen molar-refractivity contribution in [1.82, 2.24) is 4.98 Å². The molecule has 0 saturated heterocycles. The highest BCUT2D eigenvalue weighted by Crippen LogP contribution is 2.29. The van der Waals surface area contributed by atoms with Gasteiger partial charge in [0.2, 0.25) is 0 Å². The summed E-state index contributed by atoms with van der Waals surface area (Å²) in [7, 11) is 1.84. The second-order valence-electron chi connectivity index (χ2n) is 4.48. The summed E-state index contributed by atoms with van der Waals surface area (Å²) in [6.07, 6.45) is 3.41. The van der Waals surface area contributed by atoms with Gasteiger partial charge in [0.25, 0.3) is 5.69 Å². The number of thiazole rings is 1. The third kappa shape index (κ3) is 3.69. The number of nitro benzene ring substituents is 1. The summed E-state index contributed by atoms with van der Waals surface area (Å²) in [5.74, 6) is 0. The third-order valence-electron chi connectivity index (χ3n) is 3.09. The van der Waals surface area contributed by atoms with Gasteiger partial charge in [-0.25, -0.2) is 4.98 Å². The van der Waals surface area contributed by atoms with E-state index in [0.717, 1.165) is 28.4 Å². The van der Waals surface area contributed by atoms with E-state index < -0.39 is 0 Å². The van der Waals surface area contributed by atoms with Crippen molar-refractivity contribution >= 4 is 27.8 Å². The van der Waals surface area contributed by atoms with Crippen LogP contribution in [0.1, 0.15) is 17.4 Å². The lowest BCUT2D eigenvalue weighted by Gasteiger charge is -2.10. The standard InChI is InChI=1S/C14H18N4O2S/c1-3-16-13-10(5-4-6-12(13)18(19)20)7-8-11-9-17-14(15-2)21-11/h4-6,9,16H,3,7-8H2,1-2H3,(H,15,17). The maximum atomic E-state index is 11.1.